The van der Waals surface area contributed by atoms with E-state index in [1.54, 1.807) is 18.4 Å². The number of rotatable bonds is 6. The zero-order chi connectivity index (χ0) is 25.4. The minimum Gasteiger partial charge on any atom is -0.505 e. The summed E-state index contributed by atoms with van der Waals surface area (Å²) in [6, 6.07) is 6.79. The quantitative estimate of drug-likeness (QED) is 0.286. The molecule has 8 nitrogen and oxygen atoms in total. The van der Waals surface area contributed by atoms with Gasteiger partial charge < -0.3 is 25.1 Å². The van der Waals surface area contributed by atoms with Crippen LogP contribution in [0, 0.1) is 12.8 Å². The highest BCUT2D eigenvalue weighted by Gasteiger charge is 2.12. The molecule has 3 N–H and O–H groups in total. The zero-order valence-corrected chi connectivity index (χ0v) is 22.1. The molecule has 9 heteroatoms. The summed E-state index contributed by atoms with van der Waals surface area (Å²) >= 11 is 1.03. The van der Waals surface area contributed by atoms with Crippen LogP contribution in [0.2, 0.25) is 0 Å². The second-order valence-electron chi connectivity index (χ2n) is 7.97. The van der Waals surface area contributed by atoms with Crippen LogP contribution in [-0.4, -0.2) is 46.2 Å². The average Bonchev–Trinajstić information content (AvgIpc) is 3.37. The molecule has 2 heterocycles. The van der Waals surface area contributed by atoms with Crippen LogP contribution in [0.1, 0.15) is 56.3 Å². The van der Waals surface area contributed by atoms with Crippen molar-refractivity contribution >= 4 is 35.3 Å². The number of furan rings is 1. The molecule has 0 amide bonds. The molecular formula is C24H39N5O3S. The Morgan fingerprint density at radius 1 is 1.15 bits per heavy atom. The van der Waals surface area contributed by atoms with Crippen molar-refractivity contribution in [2.75, 3.05) is 31.8 Å². The molecular weight excluding hydrogens is 438 g/mol. The van der Waals surface area contributed by atoms with Crippen molar-refractivity contribution < 1.29 is 14.3 Å². The summed E-state index contributed by atoms with van der Waals surface area (Å²) in [7, 11) is 6.00. The molecule has 1 aromatic carbocycles. The molecule has 0 fully saturated rings. The monoisotopic (exact) mass is 477 g/mol. The normalized spacial score (nSPS) is 9.67. The van der Waals surface area contributed by atoms with E-state index in [-0.39, 0.29) is 11.3 Å². The fourth-order valence-electron chi connectivity index (χ4n) is 2.03. The lowest BCUT2D eigenvalue weighted by Gasteiger charge is -2.09. The third-order valence-electron chi connectivity index (χ3n) is 3.15. The topological polar surface area (TPSA) is 104 Å². The first kappa shape index (κ1) is 30.1. The molecule has 0 atom stereocenters. The van der Waals surface area contributed by atoms with Gasteiger partial charge in [-0.15, -0.1) is 0 Å². The van der Waals surface area contributed by atoms with E-state index in [9.17, 15) is 9.90 Å². The smallest absolute Gasteiger partial charge is 0.188 e. The minimum atomic E-state index is -0.122. The van der Waals surface area contributed by atoms with Crippen LogP contribution in [-0.2, 0) is 6.54 Å². The van der Waals surface area contributed by atoms with Gasteiger partial charge in [-0.25, -0.2) is 0 Å². The molecule has 0 bridgehead atoms. The largest absolute Gasteiger partial charge is 0.505 e. The Hall–Kier alpha value is -2.91. The Kier molecular flexibility index (Phi) is 15.2. The van der Waals surface area contributed by atoms with E-state index in [0.717, 1.165) is 29.0 Å². The molecule has 33 heavy (non-hydrogen) atoms. The van der Waals surface area contributed by atoms with E-state index in [2.05, 4.69) is 40.2 Å². The van der Waals surface area contributed by atoms with Crippen molar-refractivity contribution in [1.29, 1.82) is 0 Å². The van der Waals surface area contributed by atoms with Crippen LogP contribution < -0.4 is 10.6 Å². The van der Waals surface area contributed by atoms with Gasteiger partial charge in [-0.2, -0.15) is 8.75 Å². The lowest BCUT2D eigenvalue weighted by Crippen LogP contribution is -2.02. The van der Waals surface area contributed by atoms with Crippen LogP contribution in [0.5, 0.6) is 5.75 Å². The van der Waals surface area contributed by atoms with E-state index < -0.39 is 0 Å². The maximum atomic E-state index is 10.9. The van der Waals surface area contributed by atoms with Crippen LogP contribution >= 0.6 is 11.7 Å². The molecule has 3 aromatic rings. The molecule has 0 saturated carbocycles. The van der Waals surface area contributed by atoms with Gasteiger partial charge in [-0.1, -0.05) is 40.7 Å². The van der Waals surface area contributed by atoms with Crippen molar-refractivity contribution in [2.45, 2.75) is 48.1 Å². The first-order valence-electron chi connectivity index (χ1n) is 10.9. The molecule has 0 radical (unpaired) electrons. The third kappa shape index (κ3) is 12.6. The van der Waals surface area contributed by atoms with Gasteiger partial charge in [0.25, 0.3) is 0 Å². The number of phenols is 1. The number of aldehydes is 1. The molecule has 0 aliphatic rings. The van der Waals surface area contributed by atoms with Crippen LogP contribution in [0.3, 0.4) is 0 Å². The fourth-order valence-corrected chi connectivity index (χ4v) is 2.51. The van der Waals surface area contributed by atoms with Crippen molar-refractivity contribution in [1.82, 2.24) is 13.6 Å². The van der Waals surface area contributed by atoms with Gasteiger partial charge in [0.05, 0.1) is 35.8 Å². The second-order valence-corrected chi connectivity index (χ2v) is 8.49. The van der Waals surface area contributed by atoms with E-state index >= 15 is 0 Å². The average molecular weight is 478 g/mol. The first-order valence-corrected chi connectivity index (χ1v) is 11.6. The Morgan fingerprint density at radius 2 is 1.73 bits per heavy atom. The van der Waals surface area contributed by atoms with Gasteiger partial charge in [-0.05, 0) is 57.7 Å². The number of nitrogens with one attached hydrogen (secondary N) is 2. The van der Waals surface area contributed by atoms with E-state index in [0.29, 0.717) is 30.2 Å². The van der Waals surface area contributed by atoms with E-state index in [4.69, 9.17) is 4.42 Å². The van der Waals surface area contributed by atoms with Gasteiger partial charge in [-0.3, -0.25) is 4.79 Å². The minimum absolute atomic E-state index is 0.122. The molecule has 0 unspecified atom stereocenters. The molecule has 0 aliphatic heterocycles. The number of para-hydroxylation sites is 1. The van der Waals surface area contributed by atoms with Gasteiger partial charge in [0.1, 0.15) is 11.5 Å². The highest BCUT2D eigenvalue weighted by molar-refractivity contribution is 6.99. The maximum absolute atomic E-state index is 10.9. The second kappa shape index (κ2) is 16.7. The number of carbonyl (C=O) groups excluding carboxylic acids is 1. The zero-order valence-electron chi connectivity index (χ0n) is 21.3. The van der Waals surface area contributed by atoms with Crippen molar-refractivity contribution in [3.63, 3.8) is 0 Å². The number of carbonyl (C=O) groups is 1. The summed E-state index contributed by atoms with van der Waals surface area (Å²) in [6.07, 6.45) is 2.27. The number of anilines is 3. The van der Waals surface area contributed by atoms with E-state index in [1.165, 1.54) is 6.07 Å². The predicted octanol–water partition coefficient (Wildman–Crippen LogP) is 6.18. The van der Waals surface area contributed by atoms with Gasteiger partial charge in [0.15, 0.2) is 17.9 Å². The number of aryl methyl sites for hydroxylation is 1. The lowest BCUT2D eigenvalue weighted by atomic mass is 10.2. The molecule has 3 rings (SSSR count). The number of phenolic OH excluding ortho intramolecular Hbond substituents is 1. The fraction of sp³-hybridized carbons (Fsp3) is 0.458. The van der Waals surface area contributed by atoms with Crippen LogP contribution in [0.15, 0.2) is 34.9 Å². The van der Waals surface area contributed by atoms with Gasteiger partial charge in [0.2, 0.25) is 0 Å². The van der Waals surface area contributed by atoms with Crippen molar-refractivity contribution in [3.8, 4) is 5.75 Å². The van der Waals surface area contributed by atoms with Crippen LogP contribution in [0.25, 0.3) is 0 Å². The number of benzene rings is 1. The summed E-state index contributed by atoms with van der Waals surface area (Å²) in [5.74, 6) is 2.51. The number of aromatic nitrogens is 2. The van der Waals surface area contributed by atoms with Crippen molar-refractivity contribution in [2.24, 2.45) is 5.92 Å². The third-order valence-corrected chi connectivity index (χ3v) is 3.68. The number of aromatic hydroxyl groups is 1. The lowest BCUT2D eigenvalue weighted by molar-refractivity contribution is 0.112. The van der Waals surface area contributed by atoms with Crippen LogP contribution in [0.4, 0.5) is 17.3 Å². The first-order chi connectivity index (χ1) is 15.6. The van der Waals surface area contributed by atoms with Gasteiger partial charge in [0, 0.05) is 0 Å². The predicted molar refractivity (Wildman–Crippen MR) is 139 cm³/mol. The Morgan fingerprint density at radius 3 is 2.24 bits per heavy atom. The summed E-state index contributed by atoms with van der Waals surface area (Å²) in [5, 5.41) is 16.1. The van der Waals surface area contributed by atoms with Gasteiger partial charge >= 0.3 is 0 Å². The summed E-state index contributed by atoms with van der Waals surface area (Å²) < 4.78 is 13.7. The number of hydrogen-bond acceptors (Lipinski definition) is 9. The van der Waals surface area contributed by atoms with E-state index in [1.807, 2.05) is 52.9 Å². The summed E-state index contributed by atoms with van der Waals surface area (Å²) in [6.45, 7) is 12.9. The highest BCUT2D eigenvalue weighted by atomic mass is 32.1. The Labute approximate surface area is 202 Å². The Balaban J connectivity index is 0.000000877. The van der Waals surface area contributed by atoms with Crippen molar-refractivity contribution in [3.05, 3.63) is 47.4 Å². The molecule has 2 aromatic heterocycles. The molecule has 0 aliphatic carbocycles. The molecule has 0 saturated heterocycles. The summed E-state index contributed by atoms with van der Waals surface area (Å²) in [4.78, 5) is 12.9. The highest BCUT2D eigenvalue weighted by Crippen LogP contribution is 2.31. The number of hydrogen-bond donors (Lipinski definition) is 3. The summed E-state index contributed by atoms with van der Waals surface area (Å²) in [5.41, 5.74) is 1.64. The Bertz CT molecular complexity index is 911. The SMILES string of the molecule is CC.CC(C)C.CN(C)C.Cc1coc(CNc2nsnc2Nc2cccc(C=O)c2O)c1. The standard InChI is InChI=1S/C15H14N4O3S.C4H10.C3H9N.C2H6/c1-9-5-11(22-8-9)6-16-14-15(19-23-18-14)17-12-4-2-3-10(7-20)13(12)21;2*1-4(2)3;1-2/h2-5,7-8,21H,6H2,1H3,(H,16,18)(H,17,19);4H,1-3H3;1-3H3;1-2H3. The number of nitrogens with zero attached hydrogens (tertiary/aromatic N) is 3. The molecule has 0 spiro atoms. The molecule has 184 valence electrons. The maximum Gasteiger partial charge on any atom is 0.188 e.